The maximum Gasteiger partial charge on any atom is 0.211 e. The molecule has 0 aromatic rings. The summed E-state index contributed by atoms with van der Waals surface area (Å²) in [6.45, 7) is 0.531. The van der Waals surface area contributed by atoms with Crippen LogP contribution >= 0.6 is 11.6 Å². The highest BCUT2D eigenvalue weighted by Gasteiger charge is 2.29. The van der Waals surface area contributed by atoms with Gasteiger partial charge in [-0.3, -0.25) is 0 Å². The minimum absolute atomic E-state index is 0.150. The van der Waals surface area contributed by atoms with Crippen LogP contribution < -0.4 is 4.72 Å². The highest BCUT2D eigenvalue weighted by Crippen LogP contribution is 2.31. The van der Waals surface area contributed by atoms with Crippen molar-refractivity contribution in [2.45, 2.75) is 43.9 Å². The van der Waals surface area contributed by atoms with Gasteiger partial charge in [-0.15, -0.1) is 11.6 Å². The molecule has 0 amide bonds. The first kappa shape index (κ1) is 12.7. The quantitative estimate of drug-likeness (QED) is 0.774. The lowest BCUT2D eigenvalue weighted by molar-refractivity contribution is 0.364. The number of rotatable bonds is 5. The molecule has 2 aliphatic carbocycles. The zero-order valence-electron chi connectivity index (χ0n) is 9.49. The second kappa shape index (κ2) is 5.23. The van der Waals surface area contributed by atoms with E-state index in [0.717, 1.165) is 25.7 Å². The average Bonchev–Trinajstić information content (AvgIpc) is 3.00. The van der Waals surface area contributed by atoms with E-state index in [4.69, 9.17) is 11.6 Å². The van der Waals surface area contributed by atoms with Crippen LogP contribution in [0.25, 0.3) is 0 Å². The molecule has 2 rings (SSSR count). The normalized spacial score (nSPS) is 31.6. The van der Waals surface area contributed by atoms with E-state index in [1.807, 2.05) is 0 Å². The van der Waals surface area contributed by atoms with Gasteiger partial charge >= 0.3 is 0 Å². The van der Waals surface area contributed by atoms with Gasteiger partial charge in [0.2, 0.25) is 10.0 Å². The summed E-state index contributed by atoms with van der Waals surface area (Å²) >= 11 is 6.19. The Bertz CT molecular complexity index is 327. The van der Waals surface area contributed by atoms with Crippen LogP contribution in [0.15, 0.2) is 0 Å². The fourth-order valence-electron chi connectivity index (χ4n) is 2.28. The molecule has 2 unspecified atom stereocenters. The summed E-state index contributed by atoms with van der Waals surface area (Å²) in [5.74, 6) is 1.05. The average molecular weight is 266 g/mol. The molecule has 0 aliphatic heterocycles. The van der Waals surface area contributed by atoms with Gasteiger partial charge in [0.25, 0.3) is 0 Å². The Morgan fingerprint density at radius 2 is 1.81 bits per heavy atom. The van der Waals surface area contributed by atoms with Crippen LogP contribution in [0.3, 0.4) is 0 Å². The number of sulfonamides is 1. The molecule has 2 saturated carbocycles. The first-order chi connectivity index (χ1) is 7.57. The first-order valence-corrected chi connectivity index (χ1v) is 8.27. The molecule has 94 valence electrons. The smallest absolute Gasteiger partial charge is 0.211 e. The highest BCUT2D eigenvalue weighted by molar-refractivity contribution is 7.89. The Hall–Kier alpha value is 0.200. The summed E-state index contributed by atoms with van der Waals surface area (Å²) in [7, 11) is -3.05. The van der Waals surface area contributed by atoms with Gasteiger partial charge in [0.15, 0.2) is 0 Å². The van der Waals surface area contributed by atoms with Crippen LogP contribution in [0.1, 0.15) is 38.5 Å². The van der Waals surface area contributed by atoms with E-state index < -0.39 is 10.0 Å². The number of alkyl halides is 1. The Balaban J connectivity index is 1.76. The van der Waals surface area contributed by atoms with Gasteiger partial charge in [-0.2, -0.15) is 0 Å². The summed E-state index contributed by atoms with van der Waals surface area (Å²) in [5, 5.41) is 0.150. The molecule has 1 N–H and O–H groups in total. The second-order valence-corrected chi connectivity index (χ2v) is 7.55. The number of hydrogen-bond acceptors (Lipinski definition) is 2. The van der Waals surface area contributed by atoms with E-state index >= 15 is 0 Å². The van der Waals surface area contributed by atoms with Crippen LogP contribution in [-0.4, -0.2) is 26.1 Å². The van der Waals surface area contributed by atoms with Crippen molar-refractivity contribution >= 4 is 21.6 Å². The highest BCUT2D eigenvalue weighted by atomic mass is 35.5. The summed E-state index contributed by atoms with van der Waals surface area (Å²) in [6.07, 6.45) is 6.58. The molecule has 2 fully saturated rings. The SMILES string of the molecule is O=S(=O)(CC1CC1)NCC1CCCCC1Cl. The predicted molar refractivity (Wildman–Crippen MR) is 66.1 cm³/mol. The minimum atomic E-state index is -3.05. The van der Waals surface area contributed by atoms with E-state index in [0.29, 0.717) is 24.1 Å². The largest absolute Gasteiger partial charge is 0.215 e. The van der Waals surface area contributed by atoms with E-state index in [1.54, 1.807) is 0 Å². The van der Waals surface area contributed by atoms with Crippen molar-refractivity contribution < 1.29 is 8.42 Å². The lowest BCUT2D eigenvalue weighted by Gasteiger charge is -2.27. The third kappa shape index (κ3) is 3.90. The third-order valence-electron chi connectivity index (χ3n) is 3.53. The predicted octanol–water partition coefficient (Wildman–Crippen LogP) is 2.11. The molecule has 2 atom stereocenters. The van der Waals surface area contributed by atoms with Crippen molar-refractivity contribution in [3.8, 4) is 0 Å². The molecule has 0 spiro atoms. The van der Waals surface area contributed by atoms with E-state index in [9.17, 15) is 8.42 Å². The monoisotopic (exact) mass is 265 g/mol. The molecule has 0 saturated heterocycles. The molecule has 0 aromatic carbocycles. The summed E-state index contributed by atoms with van der Waals surface area (Å²) in [6, 6.07) is 0. The van der Waals surface area contributed by atoms with E-state index in [-0.39, 0.29) is 5.38 Å². The Labute approximate surface area is 103 Å². The number of halogens is 1. The fourth-order valence-corrected chi connectivity index (χ4v) is 4.19. The van der Waals surface area contributed by atoms with Crippen molar-refractivity contribution in [3.05, 3.63) is 0 Å². The van der Waals surface area contributed by atoms with Gasteiger partial charge in [0.05, 0.1) is 5.75 Å². The summed E-state index contributed by atoms with van der Waals surface area (Å²) in [4.78, 5) is 0. The van der Waals surface area contributed by atoms with Gasteiger partial charge in [-0.05, 0) is 37.5 Å². The number of nitrogens with one attached hydrogen (secondary N) is 1. The molecular weight excluding hydrogens is 246 g/mol. The van der Waals surface area contributed by atoms with Crippen LogP contribution in [-0.2, 0) is 10.0 Å². The van der Waals surface area contributed by atoms with Crippen molar-refractivity contribution in [2.24, 2.45) is 11.8 Å². The maximum atomic E-state index is 11.7. The van der Waals surface area contributed by atoms with Crippen molar-refractivity contribution in [2.75, 3.05) is 12.3 Å². The lowest BCUT2D eigenvalue weighted by atomic mass is 9.89. The van der Waals surface area contributed by atoms with E-state index in [1.165, 1.54) is 12.8 Å². The molecule has 3 nitrogen and oxygen atoms in total. The summed E-state index contributed by atoms with van der Waals surface area (Å²) in [5.41, 5.74) is 0. The van der Waals surface area contributed by atoms with Crippen molar-refractivity contribution in [3.63, 3.8) is 0 Å². The van der Waals surface area contributed by atoms with Crippen LogP contribution in [0.2, 0.25) is 0 Å². The maximum absolute atomic E-state index is 11.7. The molecule has 0 radical (unpaired) electrons. The molecule has 16 heavy (non-hydrogen) atoms. The molecule has 0 aromatic heterocycles. The first-order valence-electron chi connectivity index (χ1n) is 6.18. The third-order valence-corrected chi connectivity index (χ3v) is 5.63. The second-order valence-electron chi connectivity index (χ2n) is 5.13. The van der Waals surface area contributed by atoms with Gasteiger partial charge in [-0.25, -0.2) is 13.1 Å². The Morgan fingerprint density at radius 1 is 1.12 bits per heavy atom. The van der Waals surface area contributed by atoms with Crippen LogP contribution in [0, 0.1) is 11.8 Å². The molecule has 2 aliphatic rings. The van der Waals surface area contributed by atoms with Gasteiger partial charge in [0.1, 0.15) is 0 Å². The van der Waals surface area contributed by atoms with Gasteiger partial charge in [0, 0.05) is 11.9 Å². The zero-order chi connectivity index (χ0) is 11.6. The molecular formula is C11H20ClNO2S. The Morgan fingerprint density at radius 3 is 2.44 bits per heavy atom. The summed E-state index contributed by atoms with van der Waals surface area (Å²) < 4.78 is 26.1. The molecule has 0 bridgehead atoms. The zero-order valence-corrected chi connectivity index (χ0v) is 11.1. The Kier molecular flexibility index (Phi) is 4.14. The van der Waals surface area contributed by atoms with E-state index in [2.05, 4.69) is 4.72 Å². The van der Waals surface area contributed by atoms with Crippen molar-refractivity contribution in [1.29, 1.82) is 0 Å². The van der Waals surface area contributed by atoms with Crippen LogP contribution in [0.4, 0.5) is 0 Å². The molecule has 5 heteroatoms. The van der Waals surface area contributed by atoms with Gasteiger partial charge < -0.3 is 0 Å². The minimum Gasteiger partial charge on any atom is -0.215 e. The number of hydrogen-bond donors (Lipinski definition) is 1. The fraction of sp³-hybridized carbons (Fsp3) is 1.00. The standard InChI is InChI=1S/C11H20ClNO2S/c12-11-4-2-1-3-10(11)7-13-16(14,15)8-9-5-6-9/h9-11,13H,1-8H2. The van der Waals surface area contributed by atoms with Crippen LogP contribution in [0.5, 0.6) is 0 Å². The topological polar surface area (TPSA) is 46.2 Å². The molecule has 0 heterocycles. The van der Waals surface area contributed by atoms with Gasteiger partial charge in [-0.1, -0.05) is 12.8 Å². The lowest BCUT2D eigenvalue weighted by Crippen LogP contribution is -2.36. The van der Waals surface area contributed by atoms with Crippen molar-refractivity contribution in [1.82, 2.24) is 4.72 Å².